The maximum absolute atomic E-state index is 12.3. The molecule has 0 aliphatic carbocycles. The van der Waals surface area contributed by atoms with E-state index in [4.69, 9.17) is 0 Å². The highest BCUT2D eigenvalue weighted by atomic mass is 32.2. The van der Waals surface area contributed by atoms with Crippen molar-refractivity contribution in [1.29, 1.82) is 0 Å². The van der Waals surface area contributed by atoms with Gasteiger partial charge in [0.1, 0.15) is 10.7 Å². The van der Waals surface area contributed by atoms with Crippen LogP contribution in [0.3, 0.4) is 0 Å². The lowest BCUT2D eigenvalue weighted by Gasteiger charge is -2.32. The number of piperazine rings is 1. The molecule has 0 spiro atoms. The van der Waals surface area contributed by atoms with E-state index in [1.807, 2.05) is 7.05 Å². The summed E-state index contributed by atoms with van der Waals surface area (Å²) in [5.74, 6) is 0.351. The van der Waals surface area contributed by atoms with Gasteiger partial charge in [0.2, 0.25) is 0 Å². The number of aromatic nitrogens is 1. The SMILES string of the molecule is CNc1ncccc1S(=O)(=O)NN1CCN(C)CC1. The highest BCUT2D eigenvalue weighted by Crippen LogP contribution is 2.17. The normalized spacial score (nSPS) is 18.4. The molecule has 2 rings (SSSR count). The van der Waals surface area contributed by atoms with Gasteiger partial charge in [-0.25, -0.2) is 18.4 Å². The van der Waals surface area contributed by atoms with E-state index in [-0.39, 0.29) is 4.90 Å². The number of nitrogens with zero attached hydrogens (tertiary/aromatic N) is 3. The molecule has 106 valence electrons. The van der Waals surface area contributed by atoms with E-state index < -0.39 is 10.0 Å². The summed E-state index contributed by atoms with van der Waals surface area (Å²) in [6.45, 7) is 3.03. The van der Waals surface area contributed by atoms with Crippen LogP contribution < -0.4 is 10.1 Å². The minimum absolute atomic E-state index is 0.163. The fraction of sp³-hybridized carbons (Fsp3) is 0.545. The summed E-state index contributed by atoms with van der Waals surface area (Å²) < 4.78 is 24.6. The molecule has 7 nitrogen and oxygen atoms in total. The largest absolute Gasteiger partial charge is 0.372 e. The van der Waals surface area contributed by atoms with E-state index >= 15 is 0 Å². The molecule has 0 amide bonds. The molecule has 1 aromatic heterocycles. The van der Waals surface area contributed by atoms with Crippen LogP contribution in [-0.2, 0) is 10.0 Å². The van der Waals surface area contributed by atoms with E-state index in [0.717, 1.165) is 13.1 Å². The molecule has 2 heterocycles. The van der Waals surface area contributed by atoms with Crippen molar-refractivity contribution in [3.05, 3.63) is 18.3 Å². The summed E-state index contributed by atoms with van der Waals surface area (Å²) in [6, 6.07) is 3.15. The van der Waals surface area contributed by atoms with Gasteiger partial charge in [0.05, 0.1) is 0 Å². The van der Waals surface area contributed by atoms with Crippen molar-refractivity contribution in [3.8, 4) is 0 Å². The number of nitrogens with one attached hydrogen (secondary N) is 2. The first-order valence-corrected chi connectivity index (χ1v) is 7.60. The fourth-order valence-corrected chi connectivity index (χ4v) is 3.20. The van der Waals surface area contributed by atoms with Crippen molar-refractivity contribution in [3.63, 3.8) is 0 Å². The first-order chi connectivity index (χ1) is 9.03. The van der Waals surface area contributed by atoms with E-state index in [2.05, 4.69) is 20.0 Å². The maximum atomic E-state index is 12.3. The molecule has 0 bridgehead atoms. The van der Waals surface area contributed by atoms with Crippen molar-refractivity contribution in [1.82, 2.24) is 19.7 Å². The molecule has 0 aromatic carbocycles. The Kier molecular flexibility index (Phi) is 4.35. The number of pyridine rings is 1. The zero-order valence-corrected chi connectivity index (χ0v) is 11.9. The predicted octanol–water partition coefficient (Wildman–Crippen LogP) is -0.436. The molecule has 0 saturated carbocycles. The summed E-state index contributed by atoms with van der Waals surface area (Å²) in [7, 11) is 0.0822. The Balaban J connectivity index is 2.14. The molecule has 8 heteroatoms. The smallest absolute Gasteiger partial charge is 0.257 e. The van der Waals surface area contributed by atoms with Crippen LogP contribution in [-0.4, -0.2) is 63.6 Å². The van der Waals surface area contributed by atoms with Crippen LogP contribution in [0.2, 0.25) is 0 Å². The van der Waals surface area contributed by atoms with Crippen molar-refractivity contribution in [2.24, 2.45) is 0 Å². The third-order valence-corrected chi connectivity index (χ3v) is 4.46. The van der Waals surface area contributed by atoms with Gasteiger partial charge < -0.3 is 10.2 Å². The van der Waals surface area contributed by atoms with Gasteiger partial charge in [-0.1, -0.05) is 0 Å². The molecule has 1 fully saturated rings. The van der Waals surface area contributed by atoms with Gasteiger partial charge in [0.15, 0.2) is 0 Å². The van der Waals surface area contributed by atoms with Crippen LogP contribution >= 0.6 is 0 Å². The Morgan fingerprint density at radius 3 is 2.58 bits per heavy atom. The molecule has 1 saturated heterocycles. The molecule has 0 atom stereocenters. The van der Waals surface area contributed by atoms with Crippen LogP contribution in [0.1, 0.15) is 0 Å². The van der Waals surface area contributed by atoms with Crippen molar-refractivity contribution >= 4 is 15.8 Å². The van der Waals surface area contributed by atoms with Crippen molar-refractivity contribution in [2.75, 3.05) is 45.6 Å². The second kappa shape index (κ2) is 5.83. The highest BCUT2D eigenvalue weighted by Gasteiger charge is 2.23. The monoisotopic (exact) mass is 285 g/mol. The molecule has 1 aliphatic heterocycles. The summed E-state index contributed by atoms with van der Waals surface area (Å²) in [4.78, 5) is 8.94. The predicted molar refractivity (Wildman–Crippen MR) is 73.2 cm³/mol. The lowest BCUT2D eigenvalue weighted by Crippen LogP contribution is -2.52. The minimum atomic E-state index is -3.59. The van der Waals surface area contributed by atoms with Crippen LogP contribution in [0.25, 0.3) is 0 Å². The summed E-state index contributed by atoms with van der Waals surface area (Å²) >= 11 is 0. The van der Waals surface area contributed by atoms with Gasteiger partial charge in [-0.05, 0) is 19.2 Å². The maximum Gasteiger partial charge on any atom is 0.257 e. The number of hydrogen-bond acceptors (Lipinski definition) is 6. The van der Waals surface area contributed by atoms with Gasteiger partial charge >= 0.3 is 0 Å². The third kappa shape index (κ3) is 3.41. The molecule has 1 aromatic rings. The first-order valence-electron chi connectivity index (χ1n) is 6.11. The number of rotatable bonds is 4. The second-order valence-electron chi connectivity index (χ2n) is 4.49. The van der Waals surface area contributed by atoms with Gasteiger partial charge in [0.25, 0.3) is 10.0 Å². The molecular weight excluding hydrogens is 266 g/mol. The third-order valence-electron chi connectivity index (χ3n) is 3.05. The molecular formula is C11H19N5O2S. The van der Waals surface area contributed by atoms with Gasteiger partial charge in [-0.3, -0.25) is 0 Å². The second-order valence-corrected chi connectivity index (χ2v) is 6.11. The lowest BCUT2D eigenvalue weighted by molar-refractivity contribution is 0.135. The van der Waals surface area contributed by atoms with E-state index in [0.29, 0.717) is 18.9 Å². The van der Waals surface area contributed by atoms with Crippen molar-refractivity contribution in [2.45, 2.75) is 4.90 Å². The Hall–Kier alpha value is -1.22. The van der Waals surface area contributed by atoms with Crippen LogP contribution in [0, 0.1) is 0 Å². The average Bonchev–Trinajstić information content (AvgIpc) is 2.41. The number of hydrazine groups is 1. The number of likely N-dealkylation sites (N-methyl/N-ethyl adjacent to an activating group) is 1. The quantitative estimate of drug-likeness (QED) is 0.781. The van der Waals surface area contributed by atoms with Gasteiger partial charge in [-0.2, -0.15) is 0 Å². The van der Waals surface area contributed by atoms with Crippen molar-refractivity contribution < 1.29 is 8.42 Å². The summed E-state index contributed by atoms with van der Waals surface area (Å²) in [5, 5.41) is 4.51. The Labute approximate surface area is 113 Å². The lowest BCUT2D eigenvalue weighted by atomic mass is 10.4. The van der Waals surface area contributed by atoms with E-state index in [1.54, 1.807) is 24.3 Å². The highest BCUT2D eigenvalue weighted by molar-refractivity contribution is 7.89. The fourth-order valence-electron chi connectivity index (χ4n) is 1.91. The van der Waals surface area contributed by atoms with Gasteiger partial charge in [-0.15, -0.1) is 4.83 Å². The zero-order valence-electron chi connectivity index (χ0n) is 11.1. The Morgan fingerprint density at radius 1 is 1.26 bits per heavy atom. The number of sulfonamides is 1. The van der Waals surface area contributed by atoms with E-state index in [1.165, 1.54) is 6.07 Å². The number of hydrogen-bond donors (Lipinski definition) is 2. The Morgan fingerprint density at radius 2 is 1.95 bits per heavy atom. The summed E-state index contributed by atoms with van der Waals surface area (Å²) in [6.07, 6.45) is 1.56. The van der Waals surface area contributed by atoms with Crippen LogP contribution in [0.4, 0.5) is 5.82 Å². The van der Waals surface area contributed by atoms with E-state index in [9.17, 15) is 8.42 Å². The average molecular weight is 285 g/mol. The zero-order chi connectivity index (χ0) is 13.9. The van der Waals surface area contributed by atoms with Crippen LogP contribution in [0.15, 0.2) is 23.2 Å². The molecule has 0 radical (unpaired) electrons. The molecule has 19 heavy (non-hydrogen) atoms. The molecule has 0 unspecified atom stereocenters. The van der Waals surface area contributed by atoms with Crippen LogP contribution in [0.5, 0.6) is 0 Å². The summed E-state index contributed by atoms with van der Waals surface area (Å²) in [5.41, 5.74) is 0. The topological polar surface area (TPSA) is 77.6 Å². The minimum Gasteiger partial charge on any atom is -0.372 e. The first kappa shape index (κ1) is 14.2. The molecule has 2 N–H and O–H groups in total. The Bertz CT molecular complexity index is 526. The standard InChI is InChI=1S/C11H19N5O2S/c1-12-11-10(4-3-5-13-11)19(17,18)14-16-8-6-15(2)7-9-16/h3-5,14H,6-9H2,1-2H3,(H,12,13). The number of anilines is 1. The molecule has 1 aliphatic rings. The van der Waals surface area contributed by atoms with Gasteiger partial charge in [0, 0.05) is 39.4 Å².